The molecule has 0 aliphatic heterocycles. The van der Waals surface area contributed by atoms with E-state index in [1.54, 1.807) is 37.3 Å². The normalized spacial score (nSPS) is 11.2. The minimum absolute atomic E-state index is 0.0510. The van der Waals surface area contributed by atoms with Crippen LogP contribution in [0.2, 0.25) is 5.02 Å². The number of nitrogens with one attached hydrogen (secondary N) is 2. The highest BCUT2D eigenvalue weighted by molar-refractivity contribution is 6.34. The molecule has 2 aromatic carbocycles. The Morgan fingerprint density at radius 1 is 1.03 bits per heavy atom. The Bertz CT molecular complexity index is 1230. The minimum Gasteiger partial charge on any atom is -0.461 e. The fourth-order valence-corrected chi connectivity index (χ4v) is 3.88. The molecule has 0 saturated carbocycles. The van der Waals surface area contributed by atoms with Crippen LogP contribution in [0.5, 0.6) is 0 Å². The number of halogens is 1. The van der Waals surface area contributed by atoms with Gasteiger partial charge in [-0.2, -0.15) is 0 Å². The molecule has 0 aliphatic carbocycles. The maximum atomic E-state index is 13.0. The van der Waals surface area contributed by atoms with Crippen molar-refractivity contribution in [2.45, 2.75) is 47.2 Å². The van der Waals surface area contributed by atoms with Crippen molar-refractivity contribution in [1.29, 1.82) is 0 Å². The Labute approximate surface area is 204 Å². The second-order valence-corrected chi connectivity index (χ2v) is 9.04. The number of carbonyl (C=O) groups is 3. The number of ether oxygens (including phenoxy) is 1. The number of amides is 2. The van der Waals surface area contributed by atoms with Gasteiger partial charge in [0.2, 0.25) is 5.91 Å². The van der Waals surface area contributed by atoms with Gasteiger partial charge in [-0.05, 0) is 62.7 Å². The van der Waals surface area contributed by atoms with Gasteiger partial charge in [0.25, 0.3) is 5.91 Å². The van der Waals surface area contributed by atoms with Gasteiger partial charge in [-0.25, -0.2) is 4.79 Å². The topological polar surface area (TPSA) is 89.4 Å². The van der Waals surface area contributed by atoms with E-state index in [0.29, 0.717) is 35.1 Å². The summed E-state index contributed by atoms with van der Waals surface area (Å²) in [7, 11) is 0. The Balaban J connectivity index is 1.85. The molecule has 180 valence electrons. The third-order valence-electron chi connectivity index (χ3n) is 5.36. The number of benzene rings is 2. The highest BCUT2D eigenvalue weighted by atomic mass is 35.5. The molecular weight excluding hydrogens is 454 g/mol. The minimum atomic E-state index is -0.383. The number of carbonyl (C=O) groups excluding carboxylic acids is 3. The molecule has 2 amide bonds. The molecule has 3 rings (SSSR count). The lowest BCUT2D eigenvalue weighted by molar-refractivity contribution is -0.124. The monoisotopic (exact) mass is 483 g/mol. The van der Waals surface area contributed by atoms with E-state index in [1.807, 2.05) is 44.4 Å². The first-order chi connectivity index (χ1) is 16.1. The standard InChI is InChI=1S/C26H30ClN3O4/c1-6-34-26(33)23-13-18-12-19(8-10-22(18)30(23)16(4)5)29-25(32)20-11-17(7-9-21(20)27)14-28-24(31)15(2)3/h7-13,15-16H,6,14H2,1-5H3,(H,28,31)(H,29,32). The van der Waals surface area contributed by atoms with Gasteiger partial charge in [-0.1, -0.05) is 31.5 Å². The Morgan fingerprint density at radius 3 is 2.41 bits per heavy atom. The van der Waals surface area contributed by atoms with Crippen LogP contribution in [0.25, 0.3) is 10.9 Å². The lowest BCUT2D eigenvalue weighted by atomic mass is 10.1. The second-order valence-electron chi connectivity index (χ2n) is 8.63. The van der Waals surface area contributed by atoms with Crippen LogP contribution in [0.1, 0.15) is 67.1 Å². The zero-order valence-electron chi connectivity index (χ0n) is 20.1. The lowest BCUT2D eigenvalue weighted by Crippen LogP contribution is -2.27. The van der Waals surface area contributed by atoms with E-state index in [2.05, 4.69) is 10.6 Å². The molecule has 3 aromatic rings. The van der Waals surface area contributed by atoms with E-state index < -0.39 is 0 Å². The zero-order chi connectivity index (χ0) is 25.0. The highest BCUT2D eigenvalue weighted by Gasteiger charge is 2.19. The van der Waals surface area contributed by atoms with Crippen molar-refractivity contribution in [2.24, 2.45) is 5.92 Å². The molecular formula is C26H30ClN3O4. The maximum absolute atomic E-state index is 13.0. The predicted octanol–water partition coefficient (Wildman–Crippen LogP) is 5.58. The summed E-state index contributed by atoms with van der Waals surface area (Å²) in [6.45, 7) is 10.00. The number of rotatable bonds is 8. The molecule has 0 spiro atoms. The molecule has 0 fully saturated rings. The van der Waals surface area contributed by atoms with E-state index in [9.17, 15) is 14.4 Å². The number of esters is 1. The molecule has 1 aromatic heterocycles. The average Bonchev–Trinajstić information content (AvgIpc) is 3.17. The summed E-state index contributed by atoms with van der Waals surface area (Å²) < 4.78 is 7.12. The van der Waals surface area contributed by atoms with Crippen molar-refractivity contribution in [2.75, 3.05) is 11.9 Å². The van der Waals surface area contributed by atoms with E-state index in [1.165, 1.54) is 0 Å². The van der Waals surface area contributed by atoms with Crippen molar-refractivity contribution in [1.82, 2.24) is 9.88 Å². The number of anilines is 1. The first kappa shape index (κ1) is 25.3. The summed E-state index contributed by atoms with van der Waals surface area (Å²) in [6, 6.07) is 12.4. The molecule has 0 bridgehead atoms. The number of fused-ring (bicyclic) bond motifs is 1. The fourth-order valence-electron chi connectivity index (χ4n) is 3.68. The number of hydrogen-bond acceptors (Lipinski definition) is 4. The van der Waals surface area contributed by atoms with Crippen LogP contribution < -0.4 is 10.6 Å². The summed E-state index contributed by atoms with van der Waals surface area (Å²) in [4.78, 5) is 37.3. The van der Waals surface area contributed by atoms with Gasteiger partial charge in [-0.15, -0.1) is 0 Å². The van der Waals surface area contributed by atoms with Gasteiger partial charge in [-0.3, -0.25) is 9.59 Å². The summed E-state index contributed by atoms with van der Waals surface area (Å²) >= 11 is 6.29. The highest BCUT2D eigenvalue weighted by Crippen LogP contribution is 2.28. The molecule has 0 unspecified atom stereocenters. The summed E-state index contributed by atoms with van der Waals surface area (Å²) in [5.41, 5.74) is 2.99. The molecule has 1 heterocycles. The van der Waals surface area contributed by atoms with Crippen molar-refractivity contribution in [3.63, 3.8) is 0 Å². The third kappa shape index (κ3) is 5.59. The molecule has 0 radical (unpaired) electrons. The van der Waals surface area contributed by atoms with Gasteiger partial charge in [0, 0.05) is 35.1 Å². The summed E-state index contributed by atoms with van der Waals surface area (Å²) in [5, 5.41) is 6.84. The van der Waals surface area contributed by atoms with Crippen molar-refractivity contribution in [3.05, 3.63) is 64.3 Å². The molecule has 0 atom stereocenters. The van der Waals surface area contributed by atoms with Gasteiger partial charge in [0.1, 0.15) is 5.69 Å². The van der Waals surface area contributed by atoms with Crippen LogP contribution in [-0.4, -0.2) is 29.0 Å². The van der Waals surface area contributed by atoms with E-state index >= 15 is 0 Å². The fraction of sp³-hybridized carbons (Fsp3) is 0.346. The second kappa shape index (κ2) is 10.7. The number of hydrogen-bond donors (Lipinski definition) is 2. The first-order valence-electron chi connectivity index (χ1n) is 11.3. The first-order valence-corrected chi connectivity index (χ1v) is 11.7. The lowest BCUT2D eigenvalue weighted by Gasteiger charge is -2.14. The third-order valence-corrected chi connectivity index (χ3v) is 5.69. The SMILES string of the molecule is CCOC(=O)c1cc2cc(NC(=O)c3cc(CNC(=O)C(C)C)ccc3Cl)ccc2n1C(C)C. The Hall–Kier alpha value is -3.32. The molecule has 8 heteroatoms. The molecule has 2 N–H and O–H groups in total. The quantitative estimate of drug-likeness (QED) is 0.409. The van der Waals surface area contributed by atoms with Crippen molar-refractivity contribution >= 4 is 46.0 Å². The maximum Gasteiger partial charge on any atom is 0.354 e. The Kier molecular flexibility index (Phi) is 7.99. The van der Waals surface area contributed by atoms with Gasteiger partial charge in [0.05, 0.1) is 17.2 Å². The molecule has 0 aliphatic rings. The van der Waals surface area contributed by atoms with Crippen LogP contribution in [-0.2, 0) is 16.1 Å². The molecule has 0 saturated heterocycles. The van der Waals surface area contributed by atoms with E-state index in [4.69, 9.17) is 16.3 Å². The van der Waals surface area contributed by atoms with Gasteiger partial charge in [0.15, 0.2) is 0 Å². The van der Waals surface area contributed by atoms with Crippen LogP contribution in [0.3, 0.4) is 0 Å². The van der Waals surface area contributed by atoms with E-state index in [0.717, 1.165) is 16.5 Å². The Morgan fingerprint density at radius 2 is 1.76 bits per heavy atom. The number of nitrogens with zero attached hydrogens (tertiary/aromatic N) is 1. The van der Waals surface area contributed by atoms with Crippen LogP contribution in [0.15, 0.2) is 42.5 Å². The average molecular weight is 484 g/mol. The van der Waals surface area contributed by atoms with Crippen LogP contribution in [0.4, 0.5) is 5.69 Å². The predicted molar refractivity (Wildman–Crippen MR) is 134 cm³/mol. The summed E-state index contributed by atoms with van der Waals surface area (Å²) in [5.74, 6) is -0.939. The van der Waals surface area contributed by atoms with Gasteiger partial charge < -0.3 is 19.9 Å². The van der Waals surface area contributed by atoms with Crippen molar-refractivity contribution in [3.8, 4) is 0 Å². The van der Waals surface area contributed by atoms with Crippen LogP contribution >= 0.6 is 11.6 Å². The zero-order valence-corrected chi connectivity index (χ0v) is 20.8. The smallest absolute Gasteiger partial charge is 0.354 e. The summed E-state index contributed by atoms with van der Waals surface area (Å²) in [6.07, 6.45) is 0. The van der Waals surface area contributed by atoms with E-state index in [-0.39, 0.29) is 29.7 Å². The van der Waals surface area contributed by atoms with Gasteiger partial charge >= 0.3 is 5.97 Å². The van der Waals surface area contributed by atoms with Crippen molar-refractivity contribution < 1.29 is 19.1 Å². The molecule has 34 heavy (non-hydrogen) atoms. The molecule has 7 nitrogen and oxygen atoms in total. The van der Waals surface area contributed by atoms with Crippen LogP contribution in [0, 0.1) is 5.92 Å². The number of aromatic nitrogens is 1. The largest absolute Gasteiger partial charge is 0.461 e.